The molecule has 2 rings (SSSR count). The molecule has 0 aromatic rings. The van der Waals surface area contributed by atoms with E-state index in [0.717, 1.165) is 12.8 Å². The molecule has 1 aliphatic heterocycles. The fraction of sp³-hybridized carbons (Fsp3) is 0.846. The molecule has 1 saturated heterocycles. The second-order valence-corrected chi connectivity index (χ2v) is 5.12. The van der Waals surface area contributed by atoms with Crippen LogP contribution in [0.4, 0.5) is 0 Å². The smallest absolute Gasteiger partial charge is 0.239 e. The summed E-state index contributed by atoms with van der Waals surface area (Å²) in [6, 6.07) is -0.311. The van der Waals surface area contributed by atoms with Crippen LogP contribution in [0.3, 0.4) is 0 Å². The molecule has 1 atom stereocenters. The van der Waals surface area contributed by atoms with Gasteiger partial charge < -0.3 is 10.1 Å². The van der Waals surface area contributed by atoms with E-state index in [4.69, 9.17) is 4.74 Å². The van der Waals surface area contributed by atoms with Crippen molar-refractivity contribution in [3.05, 3.63) is 0 Å². The van der Waals surface area contributed by atoms with E-state index < -0.39 is 0 Å². The quantitative estimate of drug-likeness (QED) is 0.778. The van der Waals surface area contributed by atoms with Gasteiger partial charge in [-0.05, 0) is 12.8 Å². The Morgan fingerprint density at radius 3 is 2.72 bits per heavy atom. The lowest BCUT2D eigenvalue weighted by atomic mass is 10.0. The van der Waals surface area contributed by atoms with Gasteiger partial charge in [-0.25, -0.2) is 0 Å². The predicted molar refractivity (Wildman–Crippen MR) is 67.2 cm³/mol. The number of nitrogens with zero attached hydrogens (tertiary/aromatic N) is 1. The van der Waals surface area contributed by atoms with E-state index in [-0.39, 0.29) is 17.9 Å². The molecule has 0 spiro atoms. The number of likely N-dealkylation sites (N-methyl/N-ethyl adjacent to an activating group) is 1. The minimum atomic E-state index is -0.311. The van der Waals surface area contributed by atoms with Crippen molar-refractivity contribution >= 4 is 11.7 Å². The summed E-state index contributed by atoms with van der Waals surface area (Å²) < 4.78 is 5.33. The van der Waals surface area contributed by atoms with E-state index in [1.807, 2.05) is 4.90 Å². The lowest BCUT2D eigenvalue weighted by Gasteiger charge is -2.34. The third-order valence-corrected chi connectivity index (χ3v) is 3.96. The first-order valence-corrected chi connectivity index (χ1v) is 6.78. The van der Waals surface area contributed by atoms with Crippen LogP contribution in [0.2, 0.25) is 0 Å². The summed E-state index contributed by atoms with van der Waals surface area (Å²) in [6.07, 6.45) is 4.37. The summed E-state index contributed by atoms with van der Waals surface area (Å²) in [6.45, 7) is 2.05. The number of carbonyl (C=O) groups excluding carboxylic acids is 2. The number of amides is 1. The number of hydrogen-bond acceptors (Lipinski definition) is 4. The number of hydrogen-bond donors (Lipinski definition) is 1. The average Bonchev–Trinajstić information content (AvgIpc) is 2.92. The van der Waals surface area contributed by atoms with Gasteiger partial charge >= 0.3 is 0 Å². The number of rotatable bonds is 4. The van der Waals surface area contributed by atoms with Gasteiger partial charge in [0, 0.05) is 19.5 Å². The van der Waals surface area contributed by atoms with Crippen molar-refractivity contribution in [1.82, 2.24) is 10.2 Å². The number of nitrogens with one attached hydrogen (secondary N) is 1. The van der Waals surface area contributed by atoms with E-state index in [2.05, 4.69) is 5.32 Å². The number of Topliss-reactive ketones (excluding diaryl/α,β-unsaturated/α-hetero) is 1. The summed E-state index contributed by atoms with van der Waals surface area (Å²) in [5.41, 5.74) is 0. The number of carbonyl (C=O) groups is 2. The third kappa shape index (κ3) is 3.09. The van der Waals surface area contributed by atoms with Crippen molar-refractivity contribution < 1.29 is 14.3 Å². The van der Waals surface area contributed by atoms with Gasteiger partial charge in [0.1, 0.15) is 11.8 Å². The highest BCUT2D eigenvalue weighted by atomic mass is 16.5. The van der Waals surface area contributed by atoms with Crippen molar-refractivity contribution in [2.24, 2.45) is 5.92 Å². The van der Waals surface area contributed by atoms with Crippen LogP contribution in [-0.4, -0.2) is 56.0 Å². The molecule has 0 radical (unpaired) electrons. The van der Waals surface area contributed by atoms with Gasteiger partial charge in [-0.15, -0.1) is 0 Å². The second kappa shape index (κ2) is 6.29. The van der Waals surface area contributed by atoms with E-state index in [0.29, 0.717) is 32.1 Å². The molecule has 5 heteroatoms. The van der Waals surface area contributed by atoms with Crippen molar-refractivity contribution in [3.8, 4) is 0 Å². The van der Waals surface area contributed by atoms with E-state index in [1.54, 1.807) is 7.05 Å². The van der Waals surface area contributed by atoms with Crippen LogP contribution >= 0.6 is 0 Å². The molecular formula is C13H22N2O3. The first kappa shape index (κ1) is 13.5. The molecule has 1 N–H and O–H groups in total. The van der Waals surface area contributed by atoms with Gasteiger partial charge in [0.05, 0.1) is 19.8 Å². The van der Waals surface area contributed by atoms with Crippen molar-refractivity contribution in [1.29, 1.82) is 0 Å². The zero-order valence-corrected chi connectivity index (χ0v) is 11.0. The van der Waals surface area contributed by atoms with Gasteiger partial charge in [-0.2, -0.15) is 0 Å². The summed E-state index contributed by atoms with van der Waals surface area (Å²) in [7, 11) is 1.62. The van der Waals surface area contributed by atoms with Gasteiger partial charge in [0.25, 0.3) is 0 Å². The molecule has 2 aliphatic rings. The maximum absolute atomic E-state index is 12.2. The maximum Gasteiger partial charge on any atom is 0.239 e. The largest absolute Gasteiger partial charge is 0.378 e. The Labute approximate surface area is 108 Å². The minimum absolute atomic E-state index is 0.0612. The Morgan fingerprint density at radius 2 is 2.06 bits per heavy atom. The molecule has 0 aromatic carbocycles. The van der Waals surface area contributed by atoms with Crippen LogP contribution in [0.15, 0.2) is 0 Å². The van der Waals surface area contributed by atoms with Crippen LogP contribution in [0.1, 0.15) is 25.7 Å². The summed E-state index contributed by atoms with van der Waals surface area (Å²) in [4.78, 5) is 25.9. The van der Waals surface area contributed by atoms with E-state index in [9.17, 15) is 9.59 Å². The molecule has 1 heterocycles. The van der Waals surface area contributed by atoms with Gasteiger partial charge in [0.15, 0.2) is 0 Å². The van der Waals surface area contributed by atoms with Crippen molar-refractivity contribution in [2.45, 2.75) is 31.7 Å². The summed E-state index contributed by atoms with van der Waals surface area (Å²) >= 11 is 0. The molecule has 1 amide bonds. The van der Waals surface area contributed by atoms with Gasteiger partial charge in [-0.1, -0.05) is 12.8 Å². The molecule has 2 fully saturated rings. The third-order valence-electron chi connectivity index (χ3n) is 3.96. The van der Waals surface area contributed by atoms with Crippen LogP contribution in [0, 0.1) is 5.92 Å². The average molecular weight is 254 g/mol. The van der Waals surface area contributed by atoms with E-state index >= 15 is 0 Å². The second-order valence-electron chi connectivity index (χ2n) is 5.12. The summed E-state index contributed by atoms with van der Waals surface area (Å²) in [5.74, 6) is 0.454. The topological polar surface area (TPSA) is 58.6 Å². The lowest BCUT2D eigenvalue weighted by molar-refractivity contribution is -0.135. The molecule has 1 unspecified atom stereocenters. The Balaban J connectivity index is 1.92. The van der Waals surface area contributed by atoms with E-state index in [1.165, 1.54) is 12.8 Å². The Kier molecular flexibility index (Phi) is 4.72. The molecule has 0 bridgehead atoms. The van der Waals surface area contributed by atoms with Gasteiger partial charge in [-0.3, -0.25) is 14.5 Å². The fourth-order valence-electron chi connectivity index (χ4n) is 2.81. The molecule has 18 heavy (non-hydrogen) atoms. The van der Waals surface area contributed by atoms with Crippen LogP contribution in [-0.2, 0) is 14.3 Å². The SMILES string of the molecule is CNC(=O)C1COCCN1CC(=O)C1CCCC1. The summed E-state index contributed by atoms with van der Waals surface area (Å²) in [5, 5.41) is 2.64. The van der Waals surface area contributed by atoms with Crippen molar-refractivity contribution in [3.63, 3.8) is 0 Å². The molecular weight excluding hydrogens is 232 g/mol. The number of morpholine rings is 1. The Morgan fingerprint density at radius 1 is 1.33 bits per heavy atom. The first-order valence-electron chi connectivity index (χ1n) is 6.78. The zero-order valence-electron chi connectivity index (χ0n) is 11.0. The fourth-order valence-corrected chi connectivity index (χ4v) is 2.81. The monoisotopic (exact) mass is 254 g/mol. The highest BCUT2D eigenvalue weighted by Crippen LogP contribution is 2.26. The van der Waals surface area contributed by atoms with Crippen molar-refractivity contribution in [2.75, 3.05) is 33.4 Å². The van der Waals surface area contributed by atoms with Crippen LogP contribution in [0.25, 0.3) is 0 Å². The molecule has 0 aromatic heterocycles. The number of ketones is 1. The minimum Gasteiger partial charge on any atom is -0.378 e. The Hall–Kier alpha value is -0.940. The highest BCUT2D eigenvalue weighted by Gasteiger charge is 2.32. The highest BCUT2D eigenvalue weighted by molar-refractivity contribution is 5.85. The lowest BCUT2D eigenvalue weighted by Crippen LogP contribution is -2.54. The first-order chi connectivity index (χ1) is 8.72. The molecule has 5 nitrogen and oxygen atoms in total. The molecule has 1 aliphatic carbocycles. The number of ether oxygens (including phenoxy) is 1. The predicted octanol–water partition coefficient (Wildman–Crippen LogP) is 0.192. The Bertz CT molecular complexity index is 313. The maximum atomic E-state index is 12.2. The van der Waals surface area contributed by atoms with Crippen LogP contribution in [0.5, 0.6) is 0 Å². The van der Waals surface area contributed by atoms with Gasteiger partial charge in [0.2, 0.25) is 5.91 Å². The standard InChI is InChI=1S/C13H22N2O3/c1-14-13(17)11-9-18-7-6-15(11)8-12(16)10-4-2-3-5-10/h10-11H,2-9H2,1H3,(H,14,17). The zero-order chi connectivity index (χ0) is 13.0. The molecule has 102 valence electrons. The normalized spacial score (nSPS) is 26.2. The van der Waals surface area contributed by atoms with Crippen LogP contribution < -0.4 is 5.32 Å². The molecule has 1 saturated carbocycles.